The Morgan fingerprint density at radius 1 is 1.20 bits per heavy atom. The number of ether oxygens (including phenoxy) is 1. The van der Waals surface area contributed by atoms with E-state index in [4.69, 9.17) is 5.73 Å². The van der Waals surface area contributed by atoms with Crippen LogP contribution in [-0.4, -0.2) is 18.3 Å². The molecule has 0 aromatic heterocycles. The smallest absolute Gasteiger partial charge is 0.406 e. The van der Waals surface area contributed by atoms with E-state index in [1.54, 1.807) is 0 Å². The SMILES string of the molecule is C[C@@H](c1ccccc1)N1C(=O)[C@H](N)Cc2ccc(OC(F)(F)F)cc21. The number of anilines is 1. The van der Waals surface area contributed by atoms with E-state index in [9.17, 15) is 18.0 Å². The summed E-state index contributed by atoms with van der Waals surface area (Å²) >= 11 is 0. The predicted molar refractivity (Wildman–Crippen MR) is 87.1 cm³/mol. The van der Waals surface area contributed by atoms with Gasteiger partial charge in [0.05, 0.1) is 17.8 Å². The largest absolute Gasteiger partial charge is 0.573 e. The number of alkyl halides is 3. The second-order valence-electron chi connectivity index (χ2n) is 5.94. The summed E-state index contributed by atoms with van der Waals surface area (Å²) in [4.78, 5) is 14.1. The van der Waals surface area contributed by atoms with Gasteiger partial charge >= 0.3 is 6.36 Å². The van der Waals surface area contributed by atoms with Gasteiger partial charge in [-0.3, -0.25) is 4.79 Å². The summed E-state index contributed by atoms with van der Waals surface area (Å²) in [6.07, 6.45) is -4.52. The van der Waals surface area contributed by atoms with E-state index in [2.05, 4.69) is 4.74 Å². The Kier molecular flexibility index (Phi) is 4.43. The number of rotatable bonds is 3. The number of nitrogens with zero attached hydrogens (tertiary/aromatic N) is 1. The maximum absolute atomic E-state index is 12.6. The van der Waals surface area contributed by atoms with E-state index in [-0.39, 0.29) is 24.1 Å². The molecule has 132 valence electrons. The van der Waals surface area contributed by atoms with Gasteiger partial charge in [0.15, 0.2) is 0 Å². The molecule has 0 fully saturated rings. The fourth-order valence-corrected chi connectivity index (χ4v) is 3.04. The van der Waals surface area contributed by atoms with Crippen LogP contribution in [0.2, 0.25) is 0 Å². The van der Waals surface area contributed by atoms with Crippen LogP contribution in [0.15, 0.2) is 48.5 Å². The highest BCUT2D eigenvalue weighted by Crippen LogP contribution is 2.37. The molecule has 0 bridgehead atoms. The molecule has 2 aromatic rings. The highest BCUT2D eigenvalue weighted by molar-refractivity contribution is 6.01. The van der Waals surface area contributed by atoms with Crippen molar-refractivity contribution in [3.05, 3.63) is 59.7 Å². The Hall–Kier alpha value is -2.54. The van der Waals surface area contributed by atoms with E-state index in [1.165, 1.54) is 23.1 Å². The Morgan fingerprint density at radius 2 is 1.88 bits per heavy atom. The molecule has 0 aliphatic carbocycles. The Balaban J connectivity index is 2.04. The molecule has 1 aliphatic rings. The summed E-state index contributed by atoms with van der Waals surface area (Å²) in [5.41, 5.74) is 7.90. The lowest BCUT2D eigenvalue weighted by molar-refractivity contribution is -0.274. The first-order valence-corrected chi connectivity index (χ1v) is 7.78. The average molecular weight is 350 g/mol. The van der Waals surface area contributed by atoms with Crippen LogP contribution in [0.5, 0.6) is 5.75 Å². The minimum absolute atomic E-state index is 0.276. The maximum atomic E-state index is 12.6. The van der Waals surface area contributed by atoms with E-state index in [0.29, 0.717) is 11.3 Å². The van der Waals surface area contributed by atoms with Crippen LogP contribution in [-0.2, 0) is 11.2 Å². The molecule has 7 heteroatoms. The second kappa shape index (κ2) is 6.40. The van der Waals surface area contributed by atoms with Crippen molar-refractivity contribution >= 4 is 11.6 Å². The van der Waals surface area contributed by atoms with Crippen molar-refractivity contribution in [3.63, 3.8) is 0 Å². The van der Waals surface area contributed by atoms with Crippen LogP contribution < -0.4 is 15.4 Å². The standard InChI is InChI=1S/C18H17F3N2O2/c1-11(12-5-3-2-4-6-12)23-16-10-14(25-18(19,20)21)8-7-13(16)9-15(22)17(23)24/h2-8,10-11,15H,9,22H2,1H3/t11-,15+/m0/s1. The van der Waals surface area contributed by atoms with Crippen molar-refractivity contribution in [1.29, 1.82) is 0 Å². The molecule has 0 unspecified atom stereocenters. The van der Waals surface area contributed by atoms with E-state index >= 15 is 0 Å². The number of benzene rings is 2. The lowest BCUT2D eigenvalue weighted by Gasteiger charge is -2.37. The molecule has 2 aromatic carbocycles. The lowest BCUT2D eigenvalue weighted by Crippen LogP contribution is -2.49. The minimum Gasteiger partial charge on any atom is -0.406 e. The van der Waals surface area contributed by atoms with Gasteiger partial charge in [0.25, 0.3) is 0 Å². The first kappa shape index (κ1) is 17.3. The molecule has 3 rings (SSSR count). The van der Waals surface area contributed by atoms with Gasteiger partial charge in [-0.1, -0.05) is 36.4 Å². The summed E-state index contributed by atoms with van der Waals surface area (Å²) < 4.78 is 41.5. The predicted octanol–water partition coefficient (Wildman–Crippen LogP) is 3.56. The molecule has 1 amide bonds. The summed E-state index contributed by atoms with van der Waals surface area (Å²) in [5.74, 6) is -0.687. The van der Waals surface area contributed by atoms with Crippen LogP contribution in [0.4, 0.5) is 18.9 Å². The highest BCUT2D eigenvalue weighted by atomic mass is 19.4. The van der Waals surface area contributed by atoms with Gasteiger partial charge in [-0.15, -0.1) is 13.2 Å². The topological polar surface area (TPSA) is 55.6 Å². The molecule has 2 atom stereocenters. The third kappa shape index (κ3) is 3.61. The first-order chi connectivity index (χ1) is 11.8. The zero-order valence-corrected chi connectivity index (χ0v) is 13.5. The second-order valence-corrected chi connectivity index (χ2v) is 5.94. The lowest BCUT2D eigenvalue weighted by atomic mass is 9.94. The quantitative estimate of drug-likeness (QED) is 0.921. The molecule has 1 aliphatic heterocycles. The number of amides is 1. The molecule has 1 heterocycles. The third-order valence-corrected chi connectivity index (χ3v) is 4.21. The van der Waals surface area contributed by atoms with Crippen molar-refractivity contribution in [2.24, 2.45) is 5.73 Å². The third-order valence-electron chi connectivity index (χ3n) is 4.21. The van der Waals surface area contributed by atoms with Crippen molar-refractivity contribution < 1.29 is 22.7 Å². The average Bonchev–Trinajstić information content (AvgIpc) is 2.55. The van der Waals surface area contributed by atoms with Gasteiger partial charge in [-0.2, -0.15) is 0 Å². The zero-order valence-electron chi connectivity index (χ0n) is 13.5. The molecule has 4 nitrogen and oxygen atoms in total. The minimum atomic E-state index is -4.79. The van der Waals surface area contributed by atoms with Gasteiger partial charge in [-0.05, 0) is 30.5 Å². The monoisotopic (exact) mass is 350 g/mol. The molecular formula is C18H17F3N2O2. The normalized spacial score (nSPS) is 18.7. The number of fused-ring (bicyclic) bond motifs is 1. The van der Waals surface area contributed by atoms with E-state index < -0.39 is 12.4 Å². The molecule has 0 spiro atoms. The van der Waals surface area contributed by atoms with Gasteiger partial charge < -0.3 is 15.4 Å². The number of nitrogens with two attached hydrogens (primary N) is 1. The fraction of sp³-hybridized carbons (Fsp3) is 0.278. The zero-order chi connectivity index (χ0) is 18.2. The fourth-order valence-electron chi connectivity index (χ4n) is 3.04. The Bertz CT molecular complexity index is 778. The summed E-state index contributed by atoms with van der Waals surface area (Å²) in [6, 6.07) is 12.1. The van der Waals surface area contributed by atoms with Crippen LogP contribution in [0.25, 0.3) is 0 Å². The summed E-state index contributed by atoms with van der Waals surface area (Å²) in [6.45, 7) is 1.81. The Morgan fingerprint density at radius 3 is 2.52 bits per heavy atom. The summed E-state index contributed by atoms with van der Waals surface area (Å²) in [5, 5.41) is 0. The van der Waals surface area contributed by atoms with E-state index in [0.717, 1.165) is 5.56 Å². The maximum Gasteiger partial charge on any atom is 0.573 e. The van der Waals surface area contributed by atoms with Crippen molar-refractivity contribution in [3.8, 4) is 5.75 Å². The van der Waals surface area contributed by atoms with Crippen molar-refractivity contribution in [1.82, 2.24) is 0 Å². The van der Waals surface area contributed by atoms with Crippen LogP contribution in [0.1, 0.15) is 24.1 Å². The number of halogens is 3. The van der Waals surface area contributed by atoms with Gasteiger partial charge in [0, 0.05) is 6.07 Å². The molecule has 0 radical (unpaired) electrons. The Labute approximate surface area is 143 Å². The summed E-state index contributed by atoms with van der Waals surface area (Å²) in [7, 11) is 0. The molecule has 0 saturated carbocycles. The molecule has 2 N–H and O–H groups in total. The molecule has 0 saturated heterocycles. The number of hydrogen-bond acceptors (Lipinski definition) is 3. The number of carbonyl (C=O) groups is 1. The number of hydrogen-bond donors (Lipinski definition) is 1. The molecular weight excluding hydrogens is 333 g/mol. The van der Waals surface area contributed by atoms with Crippen molar-refractivity contribution in [2.45, 2.75) is 31.8 Å². The van der Waals surface area contributed by atoms with Crippen LogP contribution in [0, 0.1) is 0 Å². The first-order valence-electron chi connectivity index (χ1n) is 7.78. The van der Waals surface area contributed by atoms with Gasteiger partial charge in [0.1, 0.15) is 5.75 Å². The van der Waals surface area contributed by atoms with Crippen molar-refractivity contribution in [2.75, 3.05) is 4.90 Å². The van der Waals surface area contributed by atoms with Crippen LogP contribution >= 0.6 is 0 Å². The van der Waals surface area contributed by atoms with Gasteiger partial charge in [-0.25, -0.2) is 0 Å². The van der Waals surface area contributed by atoms with Gasteiger partial charge in [0.2, 0.25) is 5.91 Å². The highest BCUT2D eigenvalue weighted by Gasteiger charge is 2.36. The van der Waals surface area contributed by atoms with E-state index in [1.807, 2.05) is 37.3 Å². The van der Waals surface area contributed by atoms with Crippen LogP contribution in [0.3, 0.4) is 0 Å². The molecule has 25 heavy (non-hydrogen) atoms. The number of carbonyl (C=O) groups excluding carboxylic acids is 1.